The molecule has 1 aromatic carbocycles. The molecule has 2 aromatic heterocycles. The van der Waals surface area contributed by atoms with E-state index >= 15 is 0 Å². The predicted octanol–water partition coefficient (Wildman–Crippen LogP) is 6.36. The zero-order chi connectivity index (χ0) is 23.9. The van der Waals surface area contributed by atoms with Crippen molar-refractivity contribution in [1.82, 2.24) is 15.3 Å². The first-order valence-corrected chi connectivity index (χ1v) is 13.4. The van der Waals surface area contributed by atoms with Gasteiger partial charge in [0.25, 0.3) is 0 Å². The molecule has 0 radical (unpaired) electrons. The van der Waals surface area contributed by atoms with Gasteiger partial charge in [-0.2, -0.15) is 13.2 Å². The Morgan fingerprint density at radius 2 is 2.06 bits per heavy atom. The lowest BCUT2D eigenvalue weighted by atomic mass is 10.1. The topological polar surface area (TPSA) is 53.1 Å². The Morgan fingerprint density at radius 3 is 2.74 bits per heavy atom. The van der Waals surface area contributed by atoms with Gasteiger partial charge in [-0.3, -0.25) is 0 Å². The monoisotopic (exact) mass is 505 g/mol. The molecule has 0 amide bonds. The zero-order valence-corrected chi connectivity index (χ0v) is 20.6. The minimum atomic E-state index is -4.53. The Bertz CT molecular complexity index is 1180. The number of thioether (sulfide) groups is 1. The van der Waals surface area contributed by atoms with Crippen LogP contribution < -0.4 is 15.5 Å². The van der Waals surface area contributed by atoms with Crippen LogP contribution in [0.1, 0.15) is 36.8 Å². The molecule has 1 atom stereocenters. The van der Waals surface area contributed by atoms with Crippen molar-refractivity contribution < 1.29 is 13.2 Å². The number of halogens is 3. The van der Waals surface area contributed by atoms with E-state index in [-0.39, 0.29) is 11.6 Å². The molecule has 1 saturated heterocycles. The number of thiophene rings is 1. The van der Waals surface area contributed by atoms with E-state index in [9.17, 15) is 13.2 Å². The second-order valence-corrected chi connectivity index (χ2v) is 10.6. The Balaban J connectivity index is 1.47. The van der Waals surface area contributed by atoms with Gasteiger partial charge in [0.05, 0.1) is 10.6 Å². The third-order valence-corrected chi connectivity index (χ3v) is 7.96. The molecule has 5 rings (SSSR count). The largest absolute Gasteiger partial charge is 0.420 e. The highest BCUT2D eigenvalue weighted by molar-refractivity contribution is 7.98. The van der Waals surface area contributed by atoms with Crippen LogP contribution in [-0.2, 0) is 6.18 Å². The predicted molar refractivity (Wildman–Crippen MR) is 134 cm³/mol. The molecule has 1 aliphatic carbocycles. The highest BCUT2D eigenvalue weighted by Crippen LogP contribution is 2.46. The van der Waals surface area contributed by atoms with Gasteiger partial charge < -0.3 is 15.5 Å². The van der Waals surface area contributed by atoms with Crippen LogP contribution in [0.3, 0.4) is 0 Å². The molecule has 1 saturated carbocycles. The summed E-state index contributed by atoms with van der Waals surface area (Å²) in [6.07, 6.45) is 0.479. The van der Waals surface area contributed by atoms with Crippen molar-refractivity contribution in [1.29, 1.82) is 0 Å². The lowest BCUT2D eigenvalue weighted by Gasteiger charge is -2.34. The van der Waals surface area contributed by atoms with Crippen molar-refractivity contribution in [3.63, 3.8) is 0 Å². The maximum absolute atomic E-state index is 13.7. The lowest BCUT2D eigenvalue weighted by Crippen LogP contribution is -2.49. The average molecular weight is 506 g/mol. The first-order valence-electron chi connectivity index (χ1n) is 11.3. The van der Waals surface area contributed by atoms with Gasteiger partial charge in [-0.05, 0) is 61.8 Å². The molecule has 2 N–H and O–H groups in total. The van der Waals surface area contributed by atoms with E-state index in [1.165, 1.54) is 34.3 Å². The summed E-state index contributed by atoms with van der Waals surface area (Å²) in [6.45, 7) is 5.02. The fraction of sp³-hybridized carbons (Fsp3) is 0.417. The minimum Gasteiger partial charge on any atom is -0.369 e. The van der Waals surface area contributed by atoms with E-state index in [0.717, 1.165) is 49.3 Å². The van der Waals surface area contributed by atoms with Crippen LogP contribution in [0.2, 0.25) is 0 Å². The van der Waals surface area contributed by atoms with Gasteiger partial charge in [0.1, 0.15) is 5.56 Å². The SMILES string of the molecule is CSc1csc(-c2nc(Nc3ccc(N4CCNC(C)C4)cc3C3CC3)ncc2C(F)(F)F)c1. The number of benzene rings is 1. The Hall–Kier alpha value is -2.30. The van der Waals surface area contributed by atoms with E-state index in [4.69, 9.17) is 0 Å². The van der Waals surface area contributed by atoms with Crippen molar-refractivity contribution >= 4 is 40.4 Å². The van der Waals surface area contributed by atoms with Crippen LogP contribution in [0.4, 0.5) is 30.5 Å². The second-order valence-electron chi connectivity index (χ2n) is 8.78. The summed E-state index contributed by atoms with van der Waals surface area (Å²) in [7, 11) is 0. The molecular weight excluding hydrogens is 479 g/mol. The van der Waals surface area contributed by atoms with Crippen molar-refractivity contribution in [2.75, 3.05) is 36.1 Å². The summed E-state index contributed by atoms with van der Waals surface area (Å²) >= 11 is 2.75. The minimum absolute atomic E-state index is 0.0882. The van der Waals surface area contributed by atoms with Gasteiger partial charge in [-0.15, -0.1) is 23.1 Å². The molecule has 2 aliphatic rings. The van der Waals surface area contributed by atoms with Crippen LogP contribution in [-0.4, -0.2) is 41.9 Å². The lowest BCUT2D eigenvalue weighted by molar-refractivity contribution is -0.137. The average Bonchev–Trinajstić information content (AvgIpc) is 3.54. The molecule has 10 heteroatoms. The Labute approximate surface area is 205 Å². The van der Waals surface area contributed by atoms with Crippen molar-refractivity contribution in [2.24, 2.45) is 0 Å². The summed E-state index contributed by atoms with van der Waals surface area (Å²) in [5, 5.41) is 8.53. The molecule has 2 fully saturated rings. The standard InChI is InChI=1S/C24H26F3N5S2/c1-14-12-32(8-7-28-14)16-5-6-20(18(9-16)15-3-4-15)30-23-29-11-19(24(25,26)27)22(31-23)21-10-17(33-2)13-34-21/h5-6,9-11,13-15,28H,3-4,7-8,12H2,1-2H3,(H,29,30,31). The molecule has 34 heavy (non-hydrogen) atoms. The normalized spacial score (nSPS) is 18.9. The molecule has 1 aliphatic heterocycles. The quantitative estimate of drug-likeness (QED) is 0.380. The van der Waals surface area contributed by atoms with Crippen molar-refractivity contribution in [2.45, 2.75) is 42.8 Å². The number of nitrogens with one attached hydrogen (secondary N) is 2. The highest BCUT2D eigenvalue weighted by Gasteiger charge is 2.36. The van der Waals surface area contributed by atoms with Gasteiger partial charge in [0.15, 0.2) is 0 Å². The van der Waals surface area contributed by atoms with Gasteiger partial charge in [0.2, 0.25) is 5.95 Å². The molecule has 1 unspecified atom stereocenters. The van der Waals surface area contributed by atoms with E-state index in [1.54, 1.807) is 6.07 Å². The third-order valence-electron chi connectivity index (χ3n) is 6.17. The van der Waals surface area contributed by atoms with Crippen LogP contribution >= 0.6 is 23.1 Å². The Morgan fingerprint density at radius 1 is 1.24 bits per heavy atom. The van der Waals surface area contributed by atoms with Crippen LogP contribution in [0, 0.1) is 0 Å². The number of rotatable bonds is 6. The van der Waals surface area contributed by atoms with Crippen molar-refractivity contribution in [3.8, 4) is 10.6 Å². The molecule has 3 heterocycles. The number of alkyl halides is 3. The molecule has 5 nitrogen and oxygen atoms in total. The van der Waals surface area contributed by atoms with E-state index in [2.05, 4.69) is 44.6 Å². The van der Waals surface area contributed by atoms with Gasteiger partial charge in [-0.1, -0.05) is 0 Å². The van der Waals surface area contributed by atoms with Gasteiger partial charge >= 0.3 is 6.18 Å². The maximum atomic E-state index is 13.7. The Kier molecular flexibility index (Phi) is 6.47. The summed E-state index contributed by atoms with van der Waals surface area (Å²) in [5.74, 6) is 0.630. The molecule has 0 bridgehead atoms. The second kappa shape index (κ2) is 9.39. The van der Waals surface area contributed by atoms with Gasteiger partial charge in [-0.25, -0.2) is 9.97 Å². The van der Waals surface area contributed by atoms with E-state index < -0.39 is 11.7 Å². The highest BCUT2D eigenvalue weighted by atomic mass is 32.2. The smallest absolute Gasteiger partial charge is 0.369 e. The number of anilines is 3. The fourth-order valence-corrected chi connectivity index (χ4v) is 5.88. The van der Waals surface area contributed by atoms with E-state index in [1.807, 2.05) is 17.7 Å². The van der Waals surface area contributed by atoms with E-state index in [0.29, 0.717) is 16.8 Å². The maximum Gasteiger partial charge on any atom is 0.420 e. The van der Waals surface area contributed by atoms with Crippen LogP contribution in [0.25, 0.3) is 10.6 Å². The zero-order valence-electron chi connectivity index (χ0n) is 18.9. The van der Waals surface area contributed by atoms with Crippen molar-refractivity contribution in [3.05, 3.63) is 47.0 Å². The first kappa shape index (κ1) is 23.4. The number of hydrogen-bond donors (Lipinski definition) is 2. The molecule has 3 aromatic rings. The number of nitrogens with zero attached hydrogens (tertiary/aromatic N) is 3. The fourth-order valence-electron chi connectivity index (χ4n) is 4.27. The first-order chi connectivity index (χ1) is 16.3. The summed E-state index contributed by atoms with van der Waals surface area (Å²) in [6, 6.07) is 8.47. The summed E-state index contributed by atoms with van der Waals surface area (Å²) in [4.78, 5) is 12.1. The molecule has 180 valence electrons. The van der Waals surface area contributed by atoms with Crippen LogP contribution in [0.5, 0.6) is 0 Å². The summed E-state index contributed by atoms with van der Waals surface area (Å²) in [5.41, 5.74) is 2.30. The third kappa shape index (κ3) is 5.04. The molecular formula is C24H26F3N5S2. The number of hydrogen-bond acceptors (Lipinski definition) is 7. The van der Waals surface area contributed by atoms with Crippen LogP contribution in [0.15, 0.2) is 40.7 Å². The number of piperazine rings is 1. The summed E-state index contributed by atoms with van der Waals surface area (Å²) < 4.78 is 41.1. The van der Waals surface area contributed by atoms with Gasteiger partial charge in [0, 0.05) is 53.5 Å². The molecule has 0 spiro atoms. The number of aromatic nitrogens is 2.